The second-order valence-electron chi connectivity index (χ2n) is 4.29. The van der Waals surface area contributed by atoms with Crippen LogP contribution in [0.1, 0.15) is 15.9 Å². The predicted molar refractivity (Wildman–Crippen MR) is 82.3 cm³/mol. The third kappa shape index (κ3) is 2.81. The van der Waals surface area contributed by atoms with Gasteiger partial charge < -0.3 is 16.2 Å². The van der Waals surface area contributed by atoms with Gasteiger partial charge in [-0.25, -0.2) is 4.79 Å². The Morgan fingerprint density at radius 3 is 2.55 bits per heavy atom. The molecule has 2 aromatic rings. The number of nitrogen functional groups attached to an aromatic ring is 1. The molecule has 20 heavy (non-hydrogen) atoms. The zero-order chi connectivity index (χ0) is 14.9. The summed E-state index contributed by atoms with van der Waals surface area (Å²) < 4.78 is 0. The van der Waals surface area contributed by atoms with E-state index in [1.807, 2.05) is 13.0 Å². The molecule has 2 rings (SSSR count). The van der Waals surface area contributed by atoms with Gasteiger partial charge in [-0.3, -0.25) is 0 Å². The van der Waals surface area contributed by atoms with E-state index in [0.29, 0.717) is 27.1 Å². The van der Waals surface area contributed by atoms with Crippen molar-refractivity contribution < 1.29 is 9.90 Å². The number of rotatable bonds is 3. The summed E-state index contributed by atoms with van der Waals surface area (Å²) in [5.41, 5.74) is 8.22. The first kappa shape index (κ1) is 14.5. The van der Waals surface area contributed by atoms with Crippen LogP contribution in [-0.2, 0) is 0 Å². The van der Waals surface area contributed by atoms with Gasteiger partial charge in [-0.05, 0) is 36.8 Å². The quantitative estimate of drug-likeness (QED) is 0.738. The van der Waals surface area contributed by atoms with Gasteiger partial charge in [-0.2, -0.15) is 0 Å². The van der Waals surface area contributed by atoms with E-state index in [1.54, 1.807) is 12.1 Å². The molecule has 0 aliphatic rings. The van der Waals surface area contributed by atoms with Crippen LogP contribution in [0.25, 0.3) is 0 Å². The van der Waals surface area contributed by atoms with Gasteiger partial charge in [-0.1, -0.05) is 29.3 Å². The van der Waals surface area contributed by atoms with E-state index in [9.17, 15) is 4.79 Å². The van der Waals surface area contributed by atoms with Crippen molar-refractivity contribution in [3.05, 3.63) is 51.5 Å². The summed E-state index contributed by atoms with van der Waals surface area (Å²) in [6.45, 7) is 1.86. The normalized spacial score (nSPS) is 10.3. The molecule has 0 heterocycles. The summed E-state index contributed by atoms with van der Waals surface area (Å²) in [7, 11) is 0. The van der Waals surface area contributed by atoms with E-state index in [-0.39, 0.29) is 5.56 Å². The molecule has 0 spiro atoms. The Morgan fingerprint density at radius 1 is 1.25 bits per heavy atom. The molecule has 4 nitrogen and oxygen atoms in total. The fourth-order valence-corrected chi connectivity index (χ4v) is 2.18. The first-order chi connectivity index (χ1) is 9.40. The third-order valence-electron chi connectivity index (χ3n) is 2.84. The molecule has 2 aromatic carbocycles. The summed E-state index contributed by atoms with van der Waals surface area (Å²) in [6.07, 6.45) is 0. The van der Waals surface area contributed by atoms with Crippen molar-refractivity contribution in [3.8, 4) is 0 Å². The van der Waals surface area contributed by atoms with Crippen LogP contribution in [0, 0.1) is 6.92 Å². The van der Waals surface area contributed by atoms with Crippen LogP contribution in [-0.4, -0.2) is 11.1 Å². The highest BCUT2D eigenvalue weighted by molar-refractivity contribution is 6.39. The zero-order valence-corrected chi connectivity index (χ0v) is 12.1. The van der Waals surface area contributed by atoms with Gasteiger partial charge in [-0.15, -0.1) is 0 Å². The average Bonchev–Trinajstić information content (AvgIpc) is 2.40. The van der Waals surface area contributed by atoms with Gasteiger partial charge in [0.05, 0.1) is 32.7 Å². The first-order valence-corrected chi connectivity index (χ1v) is 6.50. The topological polar surface area (TPSA) is 75.3 Å². The lowest BCUT2D eigenvalue weighted by molar-refractivity contribution is 0.0697. The second-order valence-corrected chi connectivity index (χ2v) is 5.07. The number of carboxylic acids is 1. The Kier molecular flexibility index (Phi) is 4.06. The van der Waals surface area contributed by atoms with Crippen LogP contribution in [0.3, 0.4) is 0 Å². The molecule has 0 unspecified atom stereocenters. The van der Waals surface area contributed by atoms with Crippen molar-refractivity contribution in [2.45, 2.75) is 6.92 Å². The highest BCUT2D eigenvalue weighted by Gasteiger charge is 2.11. The van der Waals surface area contributed by atoms with E-state index < -0.39 is 5.97 Å². The molecule has 0 aromatic heterocycles. The molecule has 104 valence electrons. The number of nitrogens with one attached hydrogen (secondary N) is 1. The molecule has 0 fully saturated rings. The molecule has 0 aliphatic heterocycles. The molecular formula is C14H12Cl2N2O2. The number of hydrogen-bond acceptors (Lipinski definition) is 3. The van der Waals surface area contributed by atoms with E-state index in [2.05, 4.69) is 5.32 Å². The Hall–Kier alpha value is -1.91. The lowest BCUT2D eigenvalue weighted by atomic mass is 10.1. The van der Waals surface area contributed by atoms with Gasteiger partial charge in [0, 0.05) is 0 Å². The number of anilines is 3. The van der Waals surface area contributed by atoms with Gasteiger partial charge in [0.25, 0.3) is 0 Å². The molecular weight excluding hydrogens is 299 g/mol. The van der Waals surface area contributed by atoms with E-state index in [4.69, 9.17) is 34.0 Å². The third-order valence-corrected chi connectivity index (χ3v) is 3.64. The van der Waals surface area contributed by atoms with Crippen LogP contribution in [0.15, 0.2) is 30.3 Å². The van der Waals surface area contributed by atoms with Crippen LogP contribution < -0.4 is 11.1 Å². The van der Waals surface area contributed by atoms with Crippen molar-refractivity contribution in [1.82, 2.24) is 0 Å². The fraction of sp³-hybridized carbons (Fsp3) is 0.0714. The van der Waals surface area contributed by atoms with Crippen molar-refractivity contribution in [2.24, 2.45) is 0 Å². The van der Waals surface area contributed by atoms with Crippen LogP contribution in [0.5, 0.6) is 0 Å². The lowest BCUT2D eigenvalue weighted by Gasteiger charge is -2.14. The maximum absolute atomic E-state index is 10.9. The van der Waals surface area contributed by atoms with Gasteiger partial charge >= 0.3 is 5.97 Å². The Morgan fingerprint density at radius 2 is 1.95 bits per heavy atom. The zero-order valence-electron chi connectivity index (χ0n) is 10.6. The van der Waals surface area contributed by atoms with Crippen molar-refractivity contribution in [2.75, 3.05) is 11.1 Å². The van der Waals surface area contributed by atoms with Crippen molar-refractivity contribution in [3.63, 3.8) is 0 Å². The number of benzene rings is 2. The number of nitrogens with two attached hydrogens (primary N) is 1. The standard InChI is InChI=1S/C14H12Cl2N2O2/c1-7-2-4-9(15)13(12(7)16)18-11-5-3-8(14(19)20)6-10(11)17/h2-6,18H,17H2,1H3,(H,19,20). The molecule has 0 bridgehead atoms. The monoisotopic (exact) mass is 310 g/mol. The molecule has 0 radical (unpaired) electrons. The Bertz CT molecular complexity index is 687. The van der Waals surface area contributed by atoms with Crippen LogP contribution >= 0.6 is 23.2 Å². The fourth-order valence-electron chi connectivity index (χ4n) is 1.72. The summed E-state index contributed by atoms with van der Waals surface area (Å²) in [5.74, 6) is -1.03. The minimum atomic E-state index is -1.03. The van der Waals surface area contributed by atoms with E-state index in [0.717, 1.165) is 5.56 Å². The summed E-state index contributed by atoms with van der Waals surface area (Å²) in [6, 6.07) is 7.95. The SMILES string of the molecule is Cc1ccc(Cl)c(Nc2ccc(C(=O)O)cc2N)c1Cl. The van der Waals surface area contributed by atoms with Gasteiger partial charge in [0.2, 0.25) is 0 Å². The number of aromatic carboxylic acids is 1. The minimum absolute atomic E-state index is 0.120. The summed E-state index contributed by atoms with van der Waals surface area (Å²) in [5, 5.41) is 12.9. The van der Waals surface area contributed by atoms with Crippen LogP contribution in [0.4, 0.5) is 17.1 Å². The maximum Gasteiger partial charge on any atom is 0.335 e. The van der Waals surface area contributed by atoms with Gasteiger partial charge in [0.1, 0.15) is 0 Å². The Balaban J connectivity index is 2.41. The summed E-state index contributed by atoms with van der Waals surface area (Å²) >= 11 is 12.3. The number of hydrogen-bond donors (Lipinski definition) is 3. The molecule has 0 aliphatic carbocycles. The lowest BCUT2D eigenvalue weighted by Crippen LogP contribution is -2.02. The molecule has 0 atom stereocenters. The van der Waals surface area contributed by atoms with Crippen LogP contribution in [0.2, 0.25) is 10.0 Å². The highest BCUT2D eigenvalue weighted by Crippen LogP contribution is 2.36. The Labute approximate surface area is 126 Å². The molecule has 0 amide bonds. The largest absolute Gasteiger partial charge is 0.478 e. The maximum atomic E-state index is 10.9. The number of carbonyl (C=O) groups is 1. The molecule has 4 N–H and O–H groups in total. The number of halogens is 2. The average molecular weight is 311 g/mol. The first-order valence-electron chi connectivity index (χ1n) is 5.74. The highest BCUT2D eigenvalue weighted by atomic mass is 35.5. The predicted octanol–water partition coefficient (Wildman–Crippen LogP) is 4.33. The van der Waals surface area contributed by atoms with Crippen molar-refractivity contribution >= 4 is 46.2 Å². The van der Waals surface area contributed by atoms with E-state index >= 15 is 0 Å². The van der Waals surface area contributed by atoms with Gasteiger partial charge in [0.15, 0.2) is 0 Å². The molecule has 0 saturated carbocycles. The number of carboxylic acid groups (broad SMARTS) is 1. The van der Waals surface area contributed by atoms with Crippen molar-refractivity contribution in [1.29, 1.82) is 0 Å². The molecule has 0 saturated heterocycles. The smallest absolute Gasteiger partial charge is 0.335 e. The van der Waals surface area contributed by atoms with E-state index in [1.165, 1.54) is 12.1 Å². The minimum Gasteiger partial charge on any atom is -0.478 e. The number of aryl methyl sites for hydroxylation is 1. The molecule has 6 heteroatoms. The summed E-state index contributed by atoms with van der Waals surface area (Å²) in [4.78, 5) is 10.9. The second kappa shape index (κ2) is 5.61.